The first-order valence-electron chi connectivity index (χ1n) is 9.90. The van der Waals surface area contributed by atoms with E-state index in [-0.39, 0.29) is 24.5 Å². The van der Waals surface area contributed by atoms with Gasteiger partial charge in [0.15, 0.2) is 0 Å². The van der Waals surface area contributed by atoms with Crippen molar-refractivity contribution in [2.75, 3.05) is 20.1 Å². The molecule has 1 N–H and O–H groups in total. The predicted molar refractivity (Wildman–Crippen MR) is 112 cm³/mol. The van der Waals surface area contributed by atoms with Gasteiger partial charge in [-0.3, -0.25) is 4.79 Å². The molecular formula is C22H28N4O3. The molecule has 0 aliphatic carbocycles. The van der Waals surface area contributed by atoms with Crippen LogP contribution in [-0.2, 0) is 4.79 Å². The molecule has 3 rings (SSSR count). The highest BCUT2D eigenvalue weighted by Gasteiger charge is 2.35. The van der Waals surface area contributed by atoms with Crippen LogP contribution in [0.5, 0.6) is 0 Å². The lowest BCUT2D eigenvalue weighted by Gasteiger charge is -2.23. The maximum absolute atomic E-state index is 13.0. The monoisotopic (exact) mass is 396 g/mol. The number of hydrogen-bond acceptors (Lipinski definition) is 4. The van der Waals surface area contributed by atoms with Crippen molar-refractivity contribution in [1.82, 2.24) is 15.2 Å². The Morgan fingerprint density at radius 3 is 2.72 bits per heavy atom. The van der Waals surface area contributed by atoms with Gasteiger partial charge >= 0.3 is 6.03 Å². The molecule has 29 heavy (non-hydrogen) atoms. The lowest BCUT2D eigenvalue weighted by Crippen LogP contribution is -2.43. The average Bonchev–Trinajstić information content (AvgIpc) is 3.37. The van der Waals surface area contributed by atoms with Gasteiger partial charge in [0.25, 0.3) is 5.91 Å². The molecule has 3 amide bonds. The molecule has 1 unspecified atom stereocenters. The summed E-state index contributed by atoms with van der Waals surface area (Å²) in [6.45, 7) is 6.62. The number of hydrazone groups is 1. The second-order valence-electron chi connectivity index (χ2n) is 7.41. The molecule has 1 atom stereocenters. The van der Waals surface area contributed by atoms with Gasteiger partial charge in [-0.2, -0.15) is 5.10 Å². The molecule has 0 bridgehead atoms. The summed E-state index contributed by atoms with van der Waals surface area (Å²) < 4.78 is 5.57. The number of furan rings is 1. The van der Waals surface area contributed by atoms with E-state index in [4.69, 9.17) is 4.42 Å². The second kappa shape index (κ2) is 8.94. The Bertz CT molecular complexity index is 905. The van der Waals surface area contributed by atoms with Crippen molar-refractivity contribution in [3.05, 3.63) is 59.0 Å². The molecule has 0 radical (unpaired) electrons. The van der Waals surface area contributed by atoms with E-state index in [1.807, 2.05) is 19.1 Å². The quantitative estimate of drug-likeness (QED) is 0.810. The van der Waals surface area contributed by atoms with E-state index < -0.39 is 0 Å². The maximum Gasteiger partial charge on any atom is 0.317 e. The number of aryl methyl sites for hydroxylation is 2. The number of carbonyl (C=O) groups is 2. The minimum Gasteiger partial charge on any atom is -0.467 e. The number of urea groups is 1. The third kappa shape index (κ3) is 4.67. The van der Waals surface area contributed by atoms with Crippen LogP contribution in [-0.4, -0.2) is 47.7 Å². The number of carbonyl (C=O) groups excluding carboxylic acids is 2. The Hall–Kier alpha value is -3.09. The van der Waals surface area contributed by atoms with Crippen molar-refractivity contribution in [1.29, 1.82) is 0 Å². The van der Waals surface area contributed by atoms with Crippen molar-refractivity contribution in [2.24, 2.45) is 5.10 Å². The zero-order valence-electron chi connectivity index (χ0n) is 17.4. The van der Waals surface area contributed by atoms with Gasteiger partial charge in [0.2, 0.25) is 0 Å². The summed E-state index contributed by atoms with van der Waals surface area (Å²) in [5, 5.41) is 8.85. The molecule has 1 aliphatic heterocycles. The molecule has 2 heterocycles. The van der Waals surface area contributed by atoms with Gasteiger partial charge in [-0.1, -0.05) is 19.1 Å². The van der Waals surface area contributed by atoms with Crippen molar-refractivity contribution in [3.8, 4) is 0 Å². The molecule has 1 aromatic carbocycles. The number of likely N-dealkylation sites (N-methyl/N-ethyl adjacent to an activating group) is 1. The highest BCUT2D eigenvalue weighted by molar-refractivity contribution is 6.03. The SMILES string of the molecule is CCCNC(=O)N(C)CC(=O)N1N=C(c2ccc(C)c(C)c2)CC1c1ccco1. The van der Waals surface area contributed by atoms with Gasteiger partial charge in [0.1, 0.15) is 18.3 Å². The highest BCUT2D eigenvalue weighted by atomic mass is 16.3. The predicted octanol–water partition coefficient (Wildman–Crippen LogP) is 3.63. The van der Waals surface area contributed by atoms with Crippen LogP contribution in [0.3, 0.4) is 0 Å². The minimum absolute atomic E-state index is 0.0591. The lowest BCUT2D eigenvalue weighted by atomic mass is 9.99. The summed E-state index contributed by atoms with van der Waals surface area (Å²) in [4.78, 5) is 26.5. The van der Waals surface area contributed by atoms with E-state index in [0.29, 0.717) is 18.7 Å². The summed E-state index contributed by atoms with van der Waals surface area (Å²) in [5.41, 5.74) is 4.22. The molecule has 2 aromatic rings. The van der Waals surface area contributed by atoms with E-state index >= 15 is 0 Å². The van der Waals surface area contributed by atoms with Gasteiger partial charge in [-0.05, 0) is 55.2 Å². The van der Waals surface area contributed by atoms with Gasteiger partial charge in [-0.25, -0.2) is 9.80 Å². The molecule has 154 valence electrons. The van der Waals surface area contributed by atoms with Crippen LogP contribution >= 0.6 is 0 Å². The van der Waals surface area contributed by atoms with Crippen LogP contribution in [0.4, 0.5) is 4.79 Å². The average molecular weight is 396 g/mol. The summed E-state index contributed by atoms with van der Waals surface area (Å²) >= 11 is 0. The Labute approximate surface area is 171 Å². The van der Waals surface area contributed by atoms with E-state index in [9.17, 15) is 9.59 Å². The summed E-state index contributed by atoms with van der Waals surface area (Å²) in [5.74, 6) is 0.429. The van der Waals surface area contributed by atoms with Crippen molar-refractivity contribution in [3.63, 3.8) is 0 Å². The Balaban J connectivity index is 1.82. The standard InChI is InChI=1S/C22H28N4O3/c1-5-10-23-22(28)25(4)14-21(27)26-19(20-7-6-11-29-20)13-18(24-26)17-9-8-15(2)16(3)12-17/h6-9,11-12,19H,5,10,13-14H2,1-4H3,(H,23,28). The smallest absolute Gasteiger partial charge is 0.317 e. The van der Waals surface area contributed by atoms with Gasteiger partial charge in [-0.15, -0.1) is 0 Å². The van der Waals surface area contributed by atoms with Crippen LogP contribution < -0.4 is 5.32 Å². The third-order valence-electron chi connectivity index (χ3n) is 5.12. The number of nitrogens with zero attached hydrogens (tertiary/aromatic N) is 3. The first-order chi connectivity index (χ1) is 13.9. The summed E-state index contributed by atoms with van der Waals surface area (Å²) in [7, 11) is 1.61. The van der Waals surface area contributed by atoms with E-state index in [1.165, 1.54) is 21.0 Å². The molecule has 0 fully saturated rings. The summed E-state index contributed by atoms with van der Waals surface area (Å²) in [6.07, 6.45) is 2.99. The number of benzene rings is 1. The molecule has 7 heteroatoms. The number of nitrogens with one attached hydrogen (secondary N) is 1. The highest BCUT2D eigenvalue weighted by Crippen LogP contribution is 2.33. The van der Waals surface area contributed by atoms with E-state index in [1.54, 1.807) is 19.4 Å². The molecule has 1 aliphatic rings. The van der Waals surface area contributed by atoms with Crippen LogP contribution in [0, 0.1) is 13.8 Å². The first-order valence-corrected chi connectivity index (χ1v) is 9.90. The number of hydrogen-bond donors (Lipinski definition) is 1. The Morgan fingerprint density at radius 2 is 2.07 bits per heavy atom. The lowest BCUT2D eigenvalue weighted by molar-refractivity contribution is -0.133. The minimum atomic E-state index is -0.318. The molecule has 1 aromatic heterocycles. The van der Waals surface area contributed by atoms with Crippen LogP contribution in [0.2, 0.25) is 0 Å². The third-order valence-corrected chi connectivity index (χ3v) is 5.12. The number of amides is 3. The fraction of sp³-hybridized carbons (Fsp3) is 0.409. The van der Waals surface area contributed by atoms with Crippen LogP contribution in [0.25, 0.3) is 0 Å². The zero-order chi connectivity index (χ0) is 21.0. The van der Waals surface area contributed by atoms with Crippen molar-refractivity contribution in [2.45, 2.75) is 39.7 Å². The molecule has 0 saturated carbocycles. The Kier molecular flexibility index (Phi) is 6.36. The van der Waals surface area contributed by atoms with Gasteiger partial charge in [0, 0.05) is 20.0 Å². The Morgan fingerprint density at radius 1 is 1.28 bits per heavy atom. The summed E-state index contributed by atoms with van der Waals surface area (Å²) in [6, 6.07) is 9.24. The molecule has 0 spiro atoms. The maximum atomic E-state index is 13.0. The number of rotatable bonds is 6. The fourth-order valence-electron chi connectivity index (χ4n) is 3.25. The topological polar surface area (TPSA) is 78.2 Å². The zero-order valence-corrected chi connectivity index (χ0v) is 17.4. The van der Waals surface area contributed by atoms with Crippen LogP contribution in [0.1, 0.15) is 48.3 Å². The van der Waals surface area contributed by atoms with E-state index in [0.717, 1.165) is 17.7 Å². The van der Waals surface area contributed by atoms with Crippen molar-refractivity contribution >= 4 is 17.6 Å². The molecule has 0 saturated heterocycles. The van der Waals surface area contributed by atoms with E-state index in [2.05, 4.69) is 36.4 Å². The molecule has 7 nitrogen and oxygen atoms in total. The van der Waals surface area contributed by atoms with Gasteiger partial charge in [0.05, 0.1) is 12.0 Å². The molecular weight excluding hydrogens is 368 g/mol. The first kappa shape index (κ1) is 20.6. The van der Waals surface area contributed by atoms with Crippen molar-refractivity contribution < 1.29 is 14.0 Å². The fourth-order valence-corrected chi connectivity index (χ4v) is 3.25. The normalized spacial score (nSPS) is 15.9. The largest absolute Gasteiger partial charge is 0.467 e. The van der Waals surface area contributed by atoms with Crippen LogP contribution in [0.15, 0.2) is 46.1 Å². The second-order valence-corrected chi connectivity index (χ2v) is 7.41. The van der Waals surface area contributed by atoms with Gasteiger partial charge < -0.3 is 14.6 Å².